The standard InChI is InChI=1S/C15H19N3O2/c19-14-5-3-11-10-12(2-4-13(11)17-14)15(20)18-8-1-6-16-7-9-18/h2,4,10,16H,1,3,5-9H2,(H,17,19). The Kier molecular flexibility index (Phi) is 3.69. The first-order valence-electron chi connectivity index (χ1n) is 7.17. The molecule has 2 N–H and O–H groups in total. The summed E-state index contributed by atoms with van der Waals surface area (Å²) in [6.45, 7) is 3.39. The Labute approximate surface area is 118 Å². The monoisotopic (exact) mass is 273 g/mol. The van der Waals surface area contributed by atoms with Gasteiger partial charge in [-0.3, -0.25) is 9.59 Å². The van der Waals surface area contributed by atoms with Gasteiger partial charge in [-0.05, 0) is 43.1 Å². The Morgan fingerprint density at radius 2 is 2.05 bits per heavy atom. The van der Waals surface area contributed by atoms with Gasteiger partial charge in [0.2, 0.25) is 5.91 Å². The zero-order chi connectivity index (χ0) is 13.9. The van der Waals surface area contributed by atoms with E-state index in [4.69, 9.17) is 0 Å². The van der Waals surface area contributed by atoms with Gasteiger partial charge in [-0.25, -0.2) is 0 Å². The molecule has 0 bridgehead atoms. The number of hydrogen-bond acceptors (Lipinski definition) is 3. The Morgan fingerprint density at radius 3 is 2.95 bits per heavy atom. The zero-order valence-corrected chi connectivity index (χ0v) is 11.4. The van der Waals surface area contributed by atoms with Gasteiger partial charge >= 0.3 is 0 Å². The molecule has 0 unspecified atom stereocenters. The Morgan fingerprint density at radius 1 is 1.15 bits per heavy atom. The van der Waals surface area contributed by atoms with Crippen molar-refractivity contribution in [1.82, 2.24) is 10.2 Å². The molecule has 1 aromatic rings. The zero-order valence-electron chi connectivity index (χ0n) is 11.4. The first kappa shape index (κ1) is 13.1. The van der Waals surface area contributed by atoms with Gasteiger partial charge in [0.15, 0.2) is 0 Å². The molecule has 0 radical (unpaired) electrons. The van der Waals surface area contributed by atoms with Crippen molar-refractivity contribution in [3.63, 3.8) is 0 Å². The molecule has 0 aliphatic carbocycles. The van der Waals surface area contributed by atoms with Crippen molar-refractivity contribution in [3.8, 4) is 0 Å². The normalized spacial score (nSPS) is 19.0. The summed E-state index contributed by atoms with van der Waals surface area (Å²) >= 11 is 0. The van der Waals surface area contributed by atoms with Crippen molar-refractivity contribution in [2.24, 2.45) is 0 Å². The van der Waals surface area contributed by atoms with Crippen LogP contribution >= 0.6 is 0 Å². The summed E-state index contributed by atoms with van der Waals surface area (Å²) in [5.74, 6) is 0.142. The van der Waals surface area contributed by atoms with Crippen molar-refractivity contribution in [2.75, 3.05) is 31.5 Å². The lowest BCUT2D eigenvalue weighted by Crippen LogP contribution is -2.34. The van der Waals surface area contributed by atoms with E-state index >= 15 is 0 Å². The van der Waals surface area contributed by atoms with Crippen LogP contribution in [0.4, 0.5) is 5.69 Å². The highest BCUT2D eigenvalue weighted by atomic mass is 16.2. The van der Waals surface area contributed by atoms with Crippen LogP contribution in [0.1, 0.15) is 28.8 Å². The number of benzene rings is 1. The van der Waals surface area contributed by atoms with Crippen LogP contribution in [0.25, 0.3) is 0 Å². The Bertz CT molecular complexity index is 534. The molecule has 5 nitrogen and oxygen atoms in total. The van der Waals surface area contributed by atoms with E-state index in [-0.39, 0.29) is 11.8 Å². The molecular formula is C15H19N3O2. The molecule has 0 spiro atoms. The predicted octanol–water partition coefficient (Wildman–Crippen LogP) is 1.01. The highest BCUT2D eigenvalue weighted by molar-refractivity contribution is 5.98. The van der Waals surface area contributed by atoms with E-state index in [1.165, 1.54) is 0 Å². The van der Waals surface area contributed by atoms with Gasteiger partial charge in [0.05, 0.1) is 0 Å². The topological polar surface area (TPSA) is 61.4 Å². The molecule has 5 heteroatoms. The predicted molar refractivity (Wildman–Crippen MR) is 76.8 cm³/mol. The van der Waals surface area contributed by atoms with Crippen LogP contribution in [0.15, 0.2) is 18.2 Å². The second kappa shape index (κ2) is 5.63. The lowest BCUT2D eigenvalue weighted by molar-refractivity contribution is -0.116. The number of carbonyl (C=O) groups excluding carboxylic acids is 2. The van der Waals surface area contributed by atoms with E-state index in [1.807, 2.05) is 23.1 Å². The third kappa shape index (κ3) is 2.67. The molecule has 2 aliphatic heterocycles. The maximum atomic E-state index is 12.5. The van der Waals surface area contributed by atoms with Crippen LogP contribution in [0.5, 0.6) is 0 Å². The summed E-state index contributed by atoms with van der Waals surface area (Å²) in [5, 5.41) is 6.14. The number of hydrogen-bond donors (Lipinski definition) is 2. The minimum Gasteiger partial charge on any atom is -0.337 e. The van der Waals surface area contributed by atoms with E-state index in [9.17, 15) is 9.59 Å². The first-order chi connectivity index (χ1) is 9.74. The van der Waals surface area contributed by atoms with E-state index in [1.54, 1.807) is 0 Å². The van der Waals surface area contributed by atoms with Crippen molar-refractivity contribution in [3.05, 3.63) is 29.3 Å². The van der Waals surface area contributed by atoms with Crippen molar-refractivity contribution < 1.29 is 9.59 Å². The van der Waals surface area contributed by atoms with Crippen molar-refractivity contribution in [2.45, 2.75) is 19.3 Å². The van der Waals surface area contributed by atoms with Gasteiger partial charge in [-0.2, -0.15) is 0 Å². The van der Waals surface area contributed by atoms with Crippen LogP contribution in [-0.2, 0) is 11.2 Å². The largest absolute Gasteiger partial charge is 0.337 e. The molecular weight excluding hydrogens is 254 g/mol. The number of amides is 2. The van der Waals surface area contributed by atoms with E-state index in [0.29, 0.717) is 12.8 Å². The van der Waals surface area contributed by atoms with Crippen LogP contribution in [0, 0.1) is 0 Å². The number of fused-ring (bicyclic) bond motifs is 1. The Balaban J connectivity index is 1.79. The molecule has 1 fully saturated rings. The van der Waals surface area contributed by atoms with Crippen LogP contribution < -0.4 is 10.6 Å². The quantitative estimate of drug-likeness (QED) is 0.802. The van der Waals surface area contributed by atoms with Gasteiger partial charge in [-0.1, -0.05) is 0 Å². The average Bonchev–Trinajstić information content (AvgIpc) is 2.75. The first-order valence-corrected chi connectivity index (χ1v) is 7.17. The highest BCUT2D eigenvalue weighted by Gasteiger charge is 2.20. The van der Waals surface area contributed by atoms with Gasteiger partial charge in [0, 0.05) is 37.3 Å². The third-order valence-corrected chi connectivity index (χ3v) is 3.87. The molecule has 0 atom stereocenters. The average molecular weight is 273 g/mol. The number of nitrogens with one attached hydrogen (secondary N) is 2. The summed E-state index contributed by atoms with van der Waals surface area (Å²) < 4.78 is 0. The summed E-state index contributed by atoms with van der Waals surface area (Å²) in [6, 6.07) is 5.58. The molecule has 2 heterocycles. The van der Waals surface area contributed by atoms with E-state index in [0.717, 1.165) is 49.4 Å². The maximum Gasteiger partial charge on any atom is 0.253 e. The molecule has 3 rings (SSSR count). The minimum atomic E-state index is 0.0511. The molecule has 20 heavy (non-hydrogen) atoms. The number of anilines is 1. The lowest BCUT2D eigenvalue weighted by atomic mass is 10.00. The minimum absolute atomic E-state index is 0.0511. The molecule has 106 valence electrons. The summed E-state index contributed by atoms with van der Waals surface area (Å²) in [6.07, 6.45) is 2.20. The van der Waals surface area contributed by atoms with Gasteiger partial charge < -0.3 is 15.5 Å². The number of rotatable bonds is 1. The molecule has 0 aromatic heterocycles. The van der Waals surface area contributed by atoms with E-state index < -0.39 is 0 Å². The van der Waals surface area contributed by atoms with Gasteiger partial charge in [-0.15, -0.1) is 0 Å². The second-order valence-corrected chi connectivity index (χ2v) is 5.32. The fraction of sp³-hybridized carbons (Fsp3) is 0.467. The molecule has 2 amide bonds. The van der Waals surface area contributed by atoms with Gasteiger partial charge in [0.1, 0.15) is 0 Å². The highest BCUT2D eigenvalue weighted by Crippen LogP contribution is 2.24. The summed E-state index contributed by atoms with van der Waals surface area (Å²) in [5.41, 5.74) is 2.63. The maximum absolute atomic E-state index is 12.5. The van der Waals surface area contributed by atoms with Crippen molar-refractivity contribution in [1.29, 1.82) is 0 Å². The van der Waals surface area contributed by atoms with Crippen molar-refractivity contribution >= 4 is 17.5 Å². The summed E-state index contributed by atoms with van der Waals surface area (Å²) in [4.78, 5) is 25.8. The SMILES string of the molecule is O=C1CCc2cc(C(=O)N3CCCNCC3)ccc2N1. The van der Waals surface area contributed by atoms with Gasteiger partial charge in [0.25, 0.3) is 5.91 Å². The van der Waals surface area contributed by atoms with Crippen LogP contribution in [0.3, 0.4) is 0 Å². The molecule has 1 saturated heterocycles. The van der Waals surface area contributed by atoms with E-state index in [2.05, 4.69) is 10.6 Å². The lowest BCUT2D eigenvalue weighted by Gasteiger charge is -2.22. The fourth-order valence-corrected chi connectivity index (χ4v) is 2.75. The van der Waals surface area contributed by atoms with Crippen LogP contribution in [0.2, 0.25) is 0 Å². The smallest absolute Gasteiger partial charge is 0.253 e. The second-order valence-electron chi connectivity index (χ2n) is 5.32. The van der Waals surface area contributed by atoms with Crippen LogP contribution in [-0.4, -0.2) is 42.9 Å². The molecule has 0 saturated carbocycles. The molecule has 2 aliphatic rings. The number of carbonyl (C=O) groups is 2. The number of nitrogens with zero attached hydrogens (tertiary/aromatic N) is 1. The Hall–Kier alpha value is -1.88. The third-order valence-electron chi connectivity index (χ3n) is 3.87. The fourth-order valence-electron chi connectivity index (χ4n) is 2.75. The molecule has 1 aromatic carbocycles. The summed E-state index contributed by atoms with van der Waals surface area (Å²) in [7, 11) is 0. The number of aryl methyl sites for hydroxylation is 1.